The molecule has 0 saturated carbocycles. The van der Waals surface area contributed by atoms with Crippen molar-refractivity contribution < 1.29 is 19.7 Å². The number of aryl methyl sites for hydroxylation is 1. The van der Waals surface area contributed by atoms with Gasteiger partial charge in [-0.05, 0) is 42.3 Å². The van der Waals surface area contributed by atoms with Crippen molar-refractivity contribution in [2.45, 2.75) is 13.5 Å². The van der Waals surface area contributed by atoms with Gasteiger partial charge >= 0.3 is 5.97 Å². The predicted molar refractivity (Wildman–Crippen MR) is 70.6 cm³/mol. The van der Waals surface area contributed by atoms with Crippen LogP contribution in [0.15, 0.2) is 42.5 Å². The maximum Gasteiger partial charge on any atom is 0.339 e. The van der Waals surface area contributed by atoms with E-state index in [1.54, 1.807) is 36.4 Å². The molecule has 0 unspecified atom stereocenters. The molecule has 0 bridgehead atoms. The lowest BCUT2D eigenvalue weighted by molar-refractivity contribution is 0.0694. The normalized spacial score (nSPS) is 10.2. The summed E-state index contributed by atoms with van der Waals surface area (Å²) < 4.78 is 5.60. The standard InChI is InChI=1S/C15H14O4/c1-10-5-6-13(15(17)18)14(7-10)19-12-4-2-3-11(8-12)9-16/h2-8,16H,9H2,1H3,(H,17,18). The highest BCUT2D eigenvalue weighted by molar-refractivity contribution is 5.91. The average Bonchev–Trinajstić information content (AvgIpc) is 2.38. The lowest BCUT2D eigenvalue weighted by Gasteiger charge is -2.10. The monoisotopic (exact) mass is 258 g/mol. The summed E-state index contributed by atoms with van der Waals surface area (Å²) in [5, 5.41) is 18.2. The van der Waals surface area contributed by atoms with Crippen LogP contribution < -0.4 is 4.74 Å². The number of carboxylic acids is 1. The van der Waals surface area contributed by atoms with Crippen LogP contribution in [0.3, 0.4) is 0 Å². The highest BCUT2D eigenvalue weighted by Gasteiger charge is 2.12. The van der Waals surface area contributed by atoms with E-state index in [1.807, 2.05) is 6.92 Å². The van der Waals surface area contributed by atoms with Crippen molar-refractivity contribution in [3.63, 3.8) is 0 Å². The van der Waals surface area contributed by atoms with Crippen LogP contribution in [-0.4, -0.2) is 16.2 Å². The first-order valence-electron chi connectivity index (χ1n) is 5.82. The Labute approximate surface area is 110 Å². The molecule has 2 N–H and O–H groups in total. The molecular weight excluding hydrogens is 244 g/mol. The van der Waals surface area contributed by atoms with Gasteiger partial charge in [-0.2, -0.15) is 0 Å². The summed E-state index contributed by atoms with van der Waals surface area (Å²) in [5.74, 6) is -0.240. The van der Waals surface area contributed by atoms with E-state index in [4.69, 9.17) is 14.9 Å². The van der Waals surface area contributed by atoms with Crippen molar-refractivity contribution in [1.29, 1.82) is 0 Å². The zero-order valence-electron chi connectivity index (χ0n) is 10.5. The van der Waals surface area contributed by atoms with Gasteiger partial charge in [0.05, 0.1) is 6.61 Å². The fourth-order valence-electron chi connectivity index (χ4n) is 1.72. The van der Waals surface area contributed by atoms with E-state index in [9.17, 15) is 4.79 Å². The lowest BCUT2D eigenvalue weighted by Crippen LogP contribution is -2.00. The topological polar surface area (TPSA) is 66.8 Å². The molecule has 0 aliphatic rings. The van der Waals surface area contributed by atoms with Gasteiger partial charge in [0.2, 0.25) is 0 Å². The molecule has 0 aliphatic carbocycles. The smallest absolute Gasteiger partial charge is 0.339 e. The number of ether oxygens (including phenoxy) is 1. The third-order valence-corrected chi connectivity index (χ3v) is 2.68. The van der Waals surface area contributed by atoms with E-state index in [1.165, 1.54) is 6.07 Å². The van der Waals surface area contributed by atoms with Crippen molar-refractivity contribution in [2.24, 2.45) is 0 Å². The van der Waals surface area contributed by atoms with Crippen LogP contribution in [0.2, 0.25) is 0 Å². The second-order valence-electron chi connectivity index (χ2n) is 4.21. The fraction of sp³-hybridized carbons (Fsp3) is 0.133. The molecule has 2 aromatic carbocycles. The SMILES string of the molecule is Cc1ccc(C(=O)O)c(Oc2cccc(CO)c2)c1. The minimum atomic E-state index is -1.03. The molecule has 0 radical (unpaired) electrons. The number of aromatic carboxylic acids is 1. The number of carbonyl (C=O) groups is 1. The van der Waals surface area contributed by atoms with Gasteiger partial charge in [0.15, 0.2) is 0 Å². The fourth-order valence-corrected chi connectivity index (χ4v) is 1.72. The molecule has 0 spiro atoms. The average molecular weight is 258 g/mol. The van der Waals surface area contributed by atoms with Crippen molar-refractivity contribution in [2.75, 3.05) is 0 Å². The van der Waals surface area contributed by atoms with Crippen molar-refractivity contribution in [3.8, 4) is 11.5 Å². The van der Waals surface area contributed by atoms with Gasteiger partial charge in [0.1, 0.15) is 17.1 Å². The van der Waals surface area contributed by atoms with E-state index in [-0.39, 0.29) is 12.2 Å². The quantitative estimate of drug-likeness (QED) is 0.884. The number of rotatable bonds is 4. The molecule has 2 rings (SSSR count). The van der Waals surface area contributed by atoms with Crippen LogP contribution in [0.5, 0.6) is 11.5 Å². The van der Waals surface area contributed by atoms with E-state index in [2.05, 4.69) is 0 Å². The lowest BCUT2D eigenvalue weighted by atomic mass is 10.1. The van der Waals surface area contributed by atoms with Gasteiger partial charge in [-0.1, -0.05) is 18.2 Å². The summed E-state index contributed by atoms with van der Waals surface area (Å²) in [6.07, 6.45) is 0. The molecule has 0 aromatic heterocycles. The Morgan fingerprint density at radius 3 is 2.68 bits per heavy atom. The summed E-state index contributed by atoms with van der Waals surface area (Å²) in [6.45, 7) is 1.78. The van der Waals surface area contributed by atoms with Gasteiger partial charge in [-0.3, -0.25) is 0 Å². The first kappa shape index (κ1) is 13.1. The van der Waals surface area contributed by atoms with Gasteiger partial charge in [-0.25, -0.2) is 4.79 Å². The largest absolute Gasteiger partial charge is 0.478 e. The number of benzene rings is 2. The Kier molecular flexibility index (Phi) is 3.82. The van der Waals surface area contributed by atoms with E-state index in [0.29, 0.717) is 17.1 Å². The number of hydrogen-bond acceptors (Lipinski definition) is 3. The Morgan fingerprint density at radius 2 is 2.00 bits per heavy atom. The highest BCUT2D eigenvalue weighted by Crippen LogP contribution is 2.27. The van der Waals surface area contributed by atoms with Crippen LogP contribution >= 0.6 is 0 Å². The van der Waals surface area contributed by atoms with Gasteiger partial charge in [-0.15, -0.1) is 0 Å². The minimum Gasteiger partial charge on any atom is -0.478 e. The van der Waals surface area contributed by atoms with Gasteiger partial charge < -0.3 is 14.9 Å². The molecule has 0 saturated heterocycles. The molecule has 2 aromatic rings. The third kappa shape index (κ3) is 3.11. The van der Waals surface area contributed by atoms with Crippen LogP contribution in [0, 0.1) is 6.92 Å². The molecule has 0 atom stereocenters. The Hall–Kier alpha value is -2.33. The third-order valence-electron chi connectivity index (χ3n) is 2.68. The number of aliphatic hydroxyl groups excluding tert-OH is 1. The first-order chi connectivity index (χ1) is 9.10. The summed E-state index contributed by atoms with van der Waals surface area (Å²) >= 11 is 0. The highest BCUT2D eigenvalue weighted by atomic mass is 16.5. The number of carboxylic acid groups (broad SMARTS) is 1. The molecule has 19 heavy (non-hydrogen) atoms. The van der Waals surface area contributed by atoms with Crippen molar-refractivity contribution >= 4 is 5.97 Å². The summed E-state index contributed by atoms with van der Waals surface area (Å²) in [5.41, 5.74) is 1.74. The van der Waals surface area contributed by atoms with E-state index >= 15 is 0 Å². The van der Waals surface area contributed by atoms with Gasteiger partial charge in [0, 0.05) is 0 Å². The molecule has 4 nitrogen and oxygen atoms in total. The van der Waals surface area contributed by atoms with Crippen molar-refractivity contribution in [1.82, 2.24) is 0 Å². The number of aliphatic hydroxyl groups is 1. The van der Waals surface area contributed by atoms with E-state index in [0.717, 1.165) is 5.56 Å². The Morgan fingerprint density at radius 1 is 1.21 bits per heavy atom. The molecule has 4 heteroatoms. The Bertz CT molecular complexity index is 605. The molecular formula is C15H14O4. The van der Waals surface area contributed by atoms with Crippen molar-refractivity contribution in [3.05, 3.63) is 59.2 Å². The zero-order chi connectivity index (χ0) is 13.8. The predicted octanol–water partition coefficient (Wildman–Crippen LogP) is 2.98. The maximum absolute atomic E-state index is 11.1. The second-order valence-corrected chi connectivity index (χ2v) is 4.21. The molecule has 0 aliphatic heterocycles. The summed E-state index contributed by atoms with van der Waals surface area (Å²) in [7, 11) is 0. The second kappa shape index (κ2) is 5.54. The molecule has 0 fully saturated rings. The molecule has 0 heterocycles. The van der Waals surface area contributed by atoms with Crippen LogP contribution in [-0.2, 0) is 6.61 Å². The maximum atomic E-state index is 11.1. The minimum absolute atomic E-state index is 0.0865. The number of hydrogen-bond donors (Lipinski definition) is 2. The van der Waals surface area contributed by atoms with Gasteiger partial charge in [0.25, 0.3) is 0 Å². The van der Waals surface area contributed by atoms with Crippen LogP contribution in [0.1, 0.15) is 21.5 Å². The van der Waals surface area contributed by atoms with E-state index < -0.39 is 5.97 Å². The summed E-state index contributed by atoms with van der Waals surface area (Å²) in [4.78, 5) is 11.1. The molecule has 98 valence electrons. The Balaban J connectivity index is 2.36. The molecule has 0 amide bonds. The summed E-state index contributed by atoms with van der Waals surface area (Å²) in [6, 6.07) is 11.8. The first-order valence-corrected chi connectivity index (χ1v) is 5.82. The zero-order valence-corrected chi connectivity index (χ0v) is 10.5. The van der Waals surface area contributed by atoms with Crippen LogP contribution in [0.25, 0.3) is 0 Å². The van der Waals surface area contributed by atoms with Crippen LogP contribution in [0.4, 0.5) is 0 Å².